The van der Waals surface area contributed by atoms with Gasteiger partial charge >= 0.3 is 0 Å². The Morgan fingerprint density at radius 2 is 1.96 bits per heavy atom. The molecule has 8 heteroatoms. The highest BCUT2D eigenvalue weighted by molar-refractivity contribution is 7.07. The maximum absolute atomic E-state index is 12.6. The average molecular weight is 347 g/mol. The van der Waals surface area contributed by atoms with E-state index in [-0.39, 0.29) is 11.8 Å². The number of rotatable bonds is 3. The van der Waals surface area contributed by atoms with E-state index in [0.29, 0.717) is 38.3 Å². The Balaban J connectivity index is 1.61. The van der Waals surface area contributed by atoms with Gasteiger partial charge < -0.3 is 9.80 Å². The Bertz CT molecular complexity index is 705. The molecule has 3 heterocycles. The first-order chi connectivity index (χ1) is 11.6. The van der Waals surface area contributed by atoms with Gasteiger partial charge in [-0.1, -0.05) is 0 Å². The summed E-state index contributed by atoms with van der Waals surface area (Å²) < 4.78 is 0. The van der Waals surface area contributed by atoms with Gasteiger partial charge in [0.15, 0.2) is 0 Å². The van der Waals surface area contributed by atoms with Gasteiger partial charge in [-0.05, 0) is 20.3 Å². The van der Waals surface area contributed by atoms with Crippen molar-refractivity contribution in [2.24, 2.45) is 0 Å². The summed E-state index contributed by atoms with van der Waals surface area (Å²) in [6, 6.07) is 0. The van der Waals surface area contributed by atoms with Crippen molar-refractivity contribution in [1.82, 2.24) is 25.0 Å². The average Bonchev–Trinajstić information content (AvgIpc) is 3.13. The van der Waals surface area contributed by atoms with Crippen LogP contribution in [0.15, 0.2) is 10.9 Å². The van der Waals surface area contributed by atoms with E-state index >= 15 is 0 Å². The van der Waals surface area contributed by atoms with Gasteiger partial charge in [0, 0.05) is 42.8 Å². The van der Waals surface area contributed by atoms with E-state index in [1.165, 1.54) is 11.3 Å². The van der Waals surface area contributed by atoms with Gasteiger partial charge in [-0.2, -0.15) is 5.10 Å². The van der Waals surface area contributed by atoms with Crippen molar-refractivity contribution >= 4 is 23.2 Å². The van der Waals surface area contributed by atoms with Gasteiger partial charge in [0.05, 0.1) is 17.6 Å². The smallest absolute Gasteiger partial charge is 0.273 e. The van der Waals surface area contributed by atoms with Crippen LogP contribution in [0.3, 0.4) is 0 Å². The number of carbonyl (C=O) groups excluding carboxylic acids is 2. The third-order valence-corrected chi connectivity index (χ3v) is 4.98. The second-order valence-corrected chi connectivity index (χ2v) is 6.71. The summed E-state index contributed by atoms with van der Waals surface area (Å²) in [5.41, 5.74) is 4.94. The number of nitrogens with one attached hydrogen (secondary N) is 1. The number of aromatic amines is 1. The van der Waals surface area contributed by atoms with Crippen LogP contribution in [0.5, 0.6) is 0 Å². The molecule has 1 aliphatic heterocycles. The molecule has 1 aliphatic rings. The van der Waals surface area contributed by atoms with E-state index in [4.69, 9.17) is 0 Å². The minimum absolute atomic E-state index is 0.0490. The van der Waals surface area contributed by atoms with Crippen molar-refractivity contribution in [2.45, 2.75) is 26.7 Å². The highest BCUT2D eigenvalue weighted by atomic mass is 32.1. The normalized spacial score (nSPS) is 15.4. The predicted octanol–water partition coefficient (Wildman–Crippen LogP) is 1.40. The zero-order valence-electron chi connectivity index (χ0n) is 13.9. The summed E-state index contributed by atoms with van der Waals surface area (Å²) in [5, 5.41) is 8.82. The maximum atomic E-state index is 12.6. The summed E-state index contributed by atoms with van der Waals surface area (Å²) in [4.78, 5) is 32.7. The molecule has 1 fully saturated rings. The van der Waals surface area contributed by atoms with Crippen LogP contribution in [-0.2, 0) is 11.2 Å². The minimum Gasteiger partial charge on any atom is -0.341 e. The van der Waals surface area contributed by atoms with Crippen LogP contribution in [-0.4, -0.2) is 63.0 Å². The van der Waals surface area contributed by atoms with Gasteiger partial charge in [-0.3, -0.25) is 14.7 Å². The first kappa shape index (κ1) is 16.6. The number of nitrogens with zero attached hydrogens (tertiary/aromatic N) is 4. The van der Waals surface area contributed by atoms with Crippen LogP contribution in [0.1, 0.15) is 33.9 Å². The van der Waals surface area contributed by atoms with Crippen LogP contribution < -0.4 is 0 Å². The fourth-order valence-corrected chi connectivity index (χ4v) is 3.47. The number of amides is 2. The standard InChI is InChI=1S/C16H21N5O2S/c1-11-13(12(2)19-18-11)8-15(22)20-4-3-5-21(7-6-20)16(23)14-9-24-10-17-14/h9-10H,3-8H2,1-2H3,(H,18,19). The molecule has 1 N–H and O–H groups in total. The highest BCUT2D eigenvalue weighted by Crippen LogP contribution is 2.14. The van der Waals surface area contributed by atoms with Crippen LogP contribution in [0.25, 0.3) is 0 Å². The summed E-state index contributed by atoms with van der Waals surface area (Å²) in [7, 11) is 0. The molecule has 0 spiro atoms. The molecule has 0 aliphatic carbocycles. The molecule has 0 radical (unpaired) electrons. The third-order valence-electron chi connectivity index (χ3n) is 4.40. The van der Waals surface area contributed by atoms with Gasteiger partial charge in [-0.25, -0.2) is 4.98 Å². The maximum Gasteiger partial charge on any atom is 0.273 e. The fraction of sp³-hybridized carbons (Fsp3) is 0.500. The number of hydrogen-bond donors (Lipinski definition) is 1. The van der Waals surface area contributed by atoms with Gasteiger partial charge in [0.1, 0.15) is 5.69 Å². The molecule has 2 amide bonds. The van der Waals surface area contributed by atoms with Gasteiger partial charge in [-0.15, -0.1) is 11.3 Å². The van der Waals surface area contributed by atoms with E-state index in [9.17, 15) is 9.59 Å². The lowest BCUT2D eigenvalue weighted by molar-refractivity contribution is -0.130. The minimum atomic E-state index is -0.0490. The van der Waals surface area contributed by atoms with E-state index in [2.05, 4.69) is 15.2 Å². The molecule has 7 nitrogen and oxygen atoms in total. The quantitative estimate of drug-likeness (QED) is 0.910. The van der Waals surface area contributed by atoms with Gasteiger partial charge in [0.2, 0.25) is 5.91 Å². The van der Waals surface area contributed by atoms with Crippen LogP contribution in [0, 0.1) is 13.8 Å². The molecule has 128 valence electrons. The number of thiazole rings is 1. The highest BCUT2D eigenvalue weighted by Gasteiger charge is 2.24. The van der Waals surface area contributed by atoms with Crippen molar-refractivity contribution in [1.29, 1.82) is 0 Å². The van der Waals surface area contributed by atoms with E-state index in [1.807, 2.05) is 18.7 Å². The molecular formula is C16H21N5O2S. The van der Waals surface area contributed by atoms with Crippen molar-refractivity contribution in [3.63, 3.8) is 0 Å². The molecule has 2 aromatic heterocycles. The lowest BCUT2D eigenvalue weighted by atomic mass is 10.1. The Hall–Kier alpha value is -2.22. The van der Waals surface area contributed by atoms with Crippen LogP contribution in [0.2, 0.25) is 0 Å². The Morgan fingerprint density at radius 3 is 2.62 bits per heavy atom. The Morgan fingerprint density at radius 1 is 1.21 bits per heavy atom. The van der Waals surface area contributed by atoms with E-state index in [1.54, 1.807) is 15.8 Å². The number of aryl methyl sites for hydroxylation is 2. The van der Waals surface area contributed by atoms with E-state index < -0.39 is 0 Å². The lowest BCUT2D eigenvalue weighted by Gasteiger charge is -2.22. The summed E-state index contributed by atoms with van der Waals surface area (Å²) in [6.45, 7) is 6.28. The zero-order chi connectivity index (χ0) is 17.1. The van der Waals surface area contributed by atoms with Crippen molar-refractivity contribution < 1.29 is 9.59 Å². The molecule has 0 unspecified atom stereocenters. The molecule has 3 rings (SSSR count). The van der Waals surface area contributed by atoms with Gasteiger partial charge in [0.25, 0.3) is 5.91 Å². The van der Waals surface area contributed by atoms with Crippen molar-refractivity contribution in [2.75, 3.05) is 26.2 Å². The summed E-state index contributed by atoms with van der Waals surface area (Å²) in [5.74, 6) is 0.0395. The molecule has 0 atom stereocenters. The molecule has 0 bridgehead atoms. The Kier molecular flexibility index (Phi) is 4.94. The fourth-order valence-electron chi connectivity index (χ4n) is 2.95. The molecule has 2 aromatic rings. The van der Waals surface area contributed by atoms with E-state index in [0.717, 1.165) is 23.4 Å². The topological polar surface area (TPSA) is 82.2 Å². The number of hydrogen-bond acceptors (Lipinski definition) is 5. The number of H-pyrrole nitrogens is 1. The molecule has 1 saturated heterocycles. The molecule has 0 aromatic carbocycles. The number of aromatic nitrogens is 3. The summed E-state index contributed by atoms with van der Waals surface area (Å²) >= 11 is 1.42. The monoisotopic (exact) mass is 347 g/mol. The Labute approximate surface area is 144 Å². The SMILES string of the molecule is Cc1n[nH]c(C)c1CC(=O)N1CCCN(C(=O)c2cscn2)CC1. The summed E-state index contributed by atoms with van der Waals surface area (Å²) in [6.07, 6.45) is 1.14. The van der Waals surface area contributed by atoms with Crippen LogP contribution >= 0.6 is 11.3 Å². The van der Waals surface area contributed by atoms with Crippen LogP contribution in [0.4, 0.5) is 0 Å². The molecule has 24 heavy (non-hydrogen) atoms. The predicted molar refractivity (Wildman–Crippen MR) is 91.0 cm³/mol. The largest absolute Gasteiger partial charge is 0.341 e. The number of carbonyl (C=O) groups is 2. The van der Waals surface area contributed by atoms with Crippen molar-refractivity contribution in [3.8, 4) is 0 Å². The van der Waals surface area contributed by atoms with Crippen molar-refractivity contribution in [3.05, 3.63) is 33.5 Å². The second kappa shape index (κ2) is 7.12. The zero-order valence-corrected chi connectivity index (χ0v) is 14.7. The molecular weight excluding hydrogens is 326 g/mol. The third kappa shape index (κ3) is 3.48. The lowest BCUT2D eigenvalue weighted by Crippen LogP contribution is -2.38. The molecule has 0 saturated carbocycles. The first-order valence-electron chi connectivity index (χ1n) is 8.02. The first-order valence-corrected chi connectivity index (χ1v) is 8.96. The second-order valence-electron chi connectivity index (χ2n) is 5.99.